The molecule has 0 amide bonds. The summed E-state index contributed by atoms with van der Waals surface area (Å²) >= 11 is 0. The molecular formula is C55H56N4O. The third kappa shape index (κ3) is 7.21. The van der Waals surface area contributed by atoms with Crippen LogP contribution >= 0.6 is 0 Å². The second-order valence-corrected chi connectivity index (χ2v) is 19.6. The Morgan fingerprint density at radius 1 is 0.500 bits per heavy atom. The van der Waals surface area contributed by atoms with E-state index in [4.69, 9.17) is 9.72 Å². The van der Waals surface area contributed by atoms with Crippen molar-refractivity contribution in [2.45, 2.75) is 85.5 Å². The molecule has 0 aliphatic carbocycles. The fraction of sp³-hybridized carbons (Fsp3) is 0.255. The Hall–Kier alpha value is -6.33. The maximum Gasteiger partial charge on any atom is 0.137 e. The van der Waals surface area contributed by atoms with Crippen LogP contribution in [-0.4, -0.2) is 16.2 Å². The Morgan fingerprint density at radius 3 is 1.83 bits per heavy atom. The first kappa shape index (κ1) is 39.1. The summed E-state index contributed by atoms with van der Waals surface area (Å²) in [6, 6.07) is 50.5. The normalized spacial score (nSPS) is 13.4. The van der Waals surface area contributed by atoms with Gasteiger partial charge in [-0.15, -0.1) is 0 Å². The van der Waals surface area contributed by atoms with Gasteiger partial charge in [-0.2, -0.15) is 0 Å². The van der Waals surface area contributed by atoms with Crippen LogP contribution in [0.4, 0.5) is 22.7 Å². The molecule has 0 N–H and O–H groups in total. The zero-order chi connectivity index (χ0) is 42.1. The molecule has 0 saturated carbocycles. The number of pyridine rings is 1. The minimum atomic E-state index is 0.0270. The number of rotatable bonds is 6. The first-order valence-electron chi connectivity index (χ1n) is 21.2. The number of anilines is 4. The Balaban J connectivity index is 1.06. The van der Waals surface area contributed by atoms with Gasteiger partial charge in [-0.1, -0.05) is 129 Å². The Morgan fingerprint density at radius 2 is 1.12 bits per heavy atom. The summed E-state index contributed by atoms with van der Waals surface area (Å²) in [5.41, 5.74) is 14.5. The van der Waals surface area contributed by atoms with Crippen LogP contribution in [0.1, 0.15) is 84.6 Å². The van der Waals surface area contributed by atoms with E-state index in [0.717, 1.165) is 45.0 Å². The molecule has 6 aromatic carbocycles. The Labute approximate surface area is 355 Å². The molecule has 0 unspecified atom stereocenters. The van der Waals surface area contributed by atoms with E-state index in [2.05, 4.69) is 217 Å². The van der Waals surface area contributed by atoms with E-state index in [-0.39, 0.29) is 16.2 Å². The Kier molecular flexibility index (Phi) is 9.42. The van der Waals surface area contributed by atoms with E-state index >= 15 is 0 Å². The van der Waals surface area contributed by atoms with Gasteiger partial charge in [-0.3, -0.25) is 4.57 Å². The van der Waals surface area contributed by atoms with Gasteiger partial charge in [0.25, 0.3) is 0 Å². The van der Waals surface area contributed by atoms with E-state index in [1.165, 1.54) is 50.3 Å². The van der Waals surface area contributed by atoms with Gasteiger partial charge in [-0.25, -0.2) is 4.98 Å². The van der Waals surface area contributed by atoms with Gasteiger partial charge in [0, 0.05) is 46.0 Å². The molecule has 1 aliphatic rings. The van der Waals surface area contributed by atoms with Crippen molar-refractivity contribution in [3.63, 3.8) is 0 Å². The molecule has 0 radical (unpaired) electrons. The number of aryl methyl sites for hydroxylation is 1. The zero-order valence-corrected chi connectivity index (χ0v) is 36.8. The fourth-order valence-corrected chi connectivity index (χ4v) is 8.54. The van der Waals surface area contributed by atoms with Crippen molar-refractivity contribution in [1.29, 1.82) is 0 Å². The van der Waals surface area contributed by atoms with Crippen molar-refractivity contribution >= 4 is 44.6 Å². The average molecular weight is 789 g/mol. The third-order valence-corrected chi connectivity index (χ3v) is 12.1. The van der Waals surface area contributed by atoms with Crippen molar-refractivity contribution in [1.82, 2.24) is 9.55 Å². The average Bonchev–Trinajstić information content (AvgIpc) is 3.76. The molecule has 5 heteroatoms. The largest absolute Gasteiger partial charge is 0.457 e. The van der Waals surface area contributed by atoms with E-state index in [1.807, 2.05) is 12.3 Å². The van der Waals surface area contributed by atoms with Gasteiger partial charge in [-0.05, 0) is 112 Å². The number of hydrogen-bond donors (Lipinski definition) is 0. The van der Waals surface area contributed by atoms with Gasteiger partial charge in [0.2, 0.25) is 0 Å². The van der Waals surface area contributed by atoms with E-state index in [0.29, 0.717) is 6.67 Å². The van der Waals surface area contributed by atoms with Crippen molar-refractivity contribution in [3.05, 3.63) is 168 Å². The van der Waals surface area contributed by atoms with E-state index in [1.54, 1.807) is 0 Å². The molecule has 0 saturated heterocycles. The minimum absolute atomic E-state index is 0.0270. The van der Waals surface area contributed by atoms with Gasteiger partial charge in [0.15, 0.2) is 0 Å². The monoisotopic (exact) mass is 788 g/mol. The lowest BCUT2D eigenvalue weighted by atomic mass is 9.86. The van der Waals surface area contributed by atoms with Gasteiger partial charge < -0.3 is 14.5 Å². The highest BCUT2D eigenvalue weighted by Gasteiger charge is 2.31. The molecule has 0 fully saturated rings. The highest BCUT2D eigenvalue weighted by molar-refractivity contribution is 6.09. The van der Waals surface area contributed by atoms with Crippen LogP contribution in [0.5, 0.6) is 11.5 Å². The summed E-state index contributed by atoms with van der Waals surface area (Å²) in [5.74, 6) is 2.44. The van der Waals surface area contributed by atoms with Crippen molar-refractivity contribution < 1.29 is 4.74 Å². The van der Waals surface area contributed by atoms with Crippen LogP contribution in [0.25, 0.3) is 38.8 Å². The fourth-order valence-electron chi connectivity index (χ4n) is 8.54. The first-order chi connectivity index (χ1) is 28.5. The van der Waals surface area contributed by atoms with Crippen molar-refractivity contribution in [3.8, 4) is 28.4 Å². The van der Waals surface area contributed by atoms with Crippen LogP contribution in [0.15, 0.2) is 146 Å². The molecule has 1 aliphatic heterocycles. The predicted octanol–water partition coefficient (Wildman–Crippen LogP) is 15.1. The van der Waals surface area contributed by atoms with Gasteiger partial charge in [0.1, 0.15) is 24.0 Å². The summed E-state index contributed by atoms with van der Waals surface area (Å²) < 4.78 is 9.02. The molecule has 9 rings (SSSR count). The van der Waals surface area contributed by atoms with E-state index < -0.39 is 0 Å². The Bertz CT molecular complexity index is 2900. The summed E-state index contributed by atoms with van der Waals surface area (Å²) in [6.45, 7) is 23.3. The quantitative estimate of drug-likeness (QED) is 0.168. The molecule has 5 nitrogen and oxygen atoms in total. The lowest BCUT2D eigenvalue weighted by Gasteiger charge is -2.26. The number of hydrogen-bond acceptors (Lipinski definition) is 4. The number of aromatic nitrogens is 2. The lowest BCUT2D eigenvalue weighted by molar-refractivity contribution is 0.483. The van der Waals surface area contributed by atoms with Gasteiger partial charge >= 0.3 is 0 Å². The number of para-hydroxylation sites is 1. The van der Waals surface area contributed by atoms with Crippen LogP contribution in [0, 0.1) is 6.92 Å². The van der Waals surface area contributed by atoms with Crippen molar-refractivity contribution in [2.24, 2.45) is 0 Å². The zero-order valence-electron chi connectivity index (χ0n) is 36.8. The minimum Gasteiger partial charge on any atom is -0.457 e. The van der Waals surface area contributed by atoms with Crippen LogP contribution in [0.3, 0.4) is 0 Å². The molecule has 0 spiro atoms. The highest BCUT2D eigenvalue weighted by atomic mass is 16.5. The molecule has 302 valence electrons. The SMILES string of the molecule is Cc1cc(-n2c3ccccc3c3ccc(Oc4cccc(N5CN(c6cccc(C(C)(C)C)c6)c6cc(C(C)(C)C)ccc65)c4)cc32)ncc1-c1ccc(C(C)(C)C)cc1. The number of fused-ring (bicyclic) bond motifs is 4. The highest BCUT2D eigenvalue weighted by Crippen LogP contribution is 2.47. The smallest absolute Gasteiger partial charge is 0.137 e. The molecule has 0 atom stereocenters. The predicted molar refractivity (Wildman–Crippen MR) is 253 cm³/mol. The summed E-state index contributed by atoms with van der Waals surface area (Å²) in [6.07, 6.45) is 2.02. The summed E-state index contributed by atoms with van der Waals surface area (Å²) in [7, 11) is 0. The van der Waals surface area contributed by atoms with E-state index in [9.17, 15) is 0 Å². The van der Waals surface area contributed by atoms with Crippen LogP contribution < -0.4 is 14.5 Å². The van der Waals surface area contributed by atoms with Crippen molar-refractivity contribution in [2.75, 3.05) is 16.5 Å². The maximum atomic E-state index is 6.75. The second-order valence-electron chi connectivity index (χ2n) is 19.6. The first-order valence-corrected chi connectivity index (χ1v) is 21.2. The summed E-state index contributed by atoms with van der Waals surface area (Å²) in [4.78, 5) is 9.94. The van der Waals surface area contributed by atoms with Gasteiger partial charge in [0.05, 0.1) is 22.4 Å². The lowest BCUT2D eigenvalue weighted by Crippen LogP contribution is -2.24. The molecule has 8 aromatic rings. The topological polar surface area (TPSA) is 33.5 Å². The molecule has 60 heavy (non-hydrogen) atoms. The maximum absolute atomic E-state index is 6.75. The standard InChI is InChI=1S/C55H56N4O/c1-36-29-52(56-34-47(36)37-21-23-38(24-22-37)53(2,3)4)59-48-20-12-11-19-45(48)46-27-26-44(33-50(46)59)60-43-18-14-17-42(32-43)57-35-58(41-16-13-15-39(30-41)54(5,6)7)51-31-40(55(8,9)10)25-28-49(51)57/h11-34H,35H2,1-10H3. The molecule has 2 aromatic heterocycles. The molecule has 0 bridgehead atoms. The number of nitrogens with zero attached hydrogens (tertiary/aromatic N) is 4. The molecular weight excluding hydrogens is 733 g/mol. The molecule has 3 heterocycles. The second kappa shape index (κ2) is 14.4. The van der Waals surface area contributed by atoms with Crippen LogP contribution in [-0.2, 0) is 16.2 Å². The third-order valence-electron chi connectivity index (χ3n) is 12.1. The number of benzene rings is 6. The number of ether oxygens (including phenoxy) is 1. The van der Waals surface area contributed by atoms with Crippen LogP contribution in [0.2, 0.25) is 0 Å². The summed E-state index contributed by atoms with van der Waals surface area (Å²) in [5, 5.41) is 2.34.